The molecule has 0 saturated heterocycles. The largest absolute Gasteiger partial charge is 0.462 e. The molecule has 9 nitrogen and oxygen atoms in total. The molecule has 0 spiro atoms. The molecule has 0 atom stereocenters. The molecule has 0 amide bonds. The Balaban J connectivity index is 1.59. The molecule has 164 valence electrons. The average Bonchev–Trinajstić information content (AvgIpc) is 3.43. The SMILES string of the molecule is CCOC(=O)c1sc(Nc2nc(NCc3ccc(Cl)cc3)cc(-c3cnco3)n2)nc1C. The van der Waals surface area contributed by atoms with Crippen molar-refractivity contribution < 1.29 is 13.9 Å². The Morgan fingerprint density at radius 1 is 1.22 bits per heavy atom. The van der Waals surface area contributed by atoms with Crippen molar-refractivity contribution in [2.45, 2.75) is 20.4 Å². The van der Waals surface area contributed by atoms with Crippen LogP contribution in [-0.2, 0) is 11.3 Å². The monoisotopic (exact) mass is 470 g/mol. The van der Waals surface area contributed by atoms with E-state index in [1.54, 1.807) is 26.1 Å². The van der Waals surface area contributed by atoms with Gasteiger partial charge < -0.3 is 14.5 Å². The summed E-state index contributed by atoms with van der Waals surface area (Å²) in [4.78, 5) is 29.9. The van der Waals surface area contributed by atoms with Gasteiger partial charge in [0.25, 0.3) is 0 Å². The number of aryl methyl sites for hydroxylation is 1. The maximum atomic E-state index is 12.1. The maximum Gasteiger partial charge on any atom is 0.350 e. The van der Waals surface area contributed by atoms with Gasteiger partial charge in [-0.05, 0) is 31.5 Å². The first-order valence-electron chi connectivity index (χ1n) is 9.69. The van der Waals surface area contributed by atoms with Crippen LogP contribution in [0, 0.1) is 6.92 Å². The van der Waals surface area contributed by atoms with Crippen LogP contribution in [-0.4, -0.2) is 32.5 Å². The Morgan fingerprint density at radius 3 is 2.75 bits per heavy atom. The summed E-state index contributed by atoms with van der Waals surface area (Å²) in [6.07, 6.45) is 2.91. The zero-order valence-corrected chi connectivity index (χ0v) is 18.8. The van der Waals surface area contributed by atoms with Crippen LogP contribution in [0.2, 0.25) is 5.02 Å². The first-order chi connectivity index (χ1) is 15.5. The fourth-order valence-electron chi connectivity index (χ4n) is 2.79. The van der Waals surface area contributed by atoms with Crippen LogP contribution < -0.4 is 10.6 Å². The van der Waals surface area contributed by atoms with E-state index in [4.69, 9.17) is 20.8 Å². The molecule has 0 radical (unpaired) electrons. The summed E-state index contributed by atoms with van der Waals surface area (Å²) in [6.45, 7) is 4.34. The lowest BCUT2D eigenvalue weighted by atomic mass is 10.2. The summed E-state index contributed by atoms with van der Waals surface area (Å²) < 4.78 is 10.5. The van der Waals surface area contributed by atoms with Gasteiger partial charge in [-0.3, -0.25) is 5.32 Å². The lowest BCUT2D eigenvalue weighted by Crippen LogP contribution is -2.05. The molecule has 32 heavy (non-hydrogen) atoms. The van der Waals surface area contributed by atoms with Gasteiger partial charge in [-0.2, -0.15) is 4.98 Å². The van der Waals surface area contributed by atoms with Crippen molar-refractivity contribution in [1.29, 1.82) is 0 Å². The second kappa shape index (κ2) is 9.75. The van der Waals surface area contributed by atoms with E-state index >= 15 is 0 Å². The number of carbonyl (C=O) groups excluding carboxylic acids is 1. The highest BCUT2D eigenvalue weighted by Crippen LogP contribution is 2.27. The van der Waals surface area contributed by atoms with Crippen LogP contribution in [0.1, 0.15) is 27.9 Å². The van der Waals surface area contributed by atoms with E-state index in [1.165, 1.54) is 17.7 Å². The lowest BCUT2D eigenvalue weighted by molar-refractivity contribution is 0.0531. The number of oxazole rings is 1. The minimum atomic E-state index is -0.405. The molecule has 4 aromatic rings. The molecule has 3 aromatic heterocycles. The van der Waals surface area contributed by atoms with Crippen LogP contribution in [0.25, 0.3) is 11.5 Å². The zero-order chi connectivity index (χ0) is 22.5. The molecule has 0 aliphatic carbocycles. The number of hydrogen-bond acceptors (Lipinski definition) is 10. The van der Waals surface area contributed by atoms with Crippen LogP contribution in [0.5, 0.6) is 0 Å². The number of carbonyl (C=O) groups is 1. The highest BCUT2D eigenvalue weighted by molar-refractivity contribution is 7.17. The smallest absolute Gasteiger partial charge is 0.350 e. The third-order valence-electron chi connectivity index (χ3n) is 4.27. The van der Waals surface area contributed by atoms with Crippen molar-refractivity contribution >= 4 is 45.8 Å². The van der Waals surface area contributed by atoms with Crippen LogP contribution >= 0.6 is 22.9 Å². The first-order valence-corrected chi connectivity index (χ1v) is 10.9. The fourth-order valence-corrected chi connectivity index (χ4v) is 3.77. The van der Waals surface area contributed by atoms with Crippen molar-refractivity contribution in [3.63, 3.8) is 0 Å². The van der Waals surface area contributed by atoms with Crippen molar-refractivity contribution in [3.8, 4) is 11.5 Å². The Kier molecular flexibility index (Phi) is 6.62. The molecule has 1 aromatic carbocycles. The number of halogens is 1. The molecule has 0 bridgehead atoms. The van der Waals surface area contributed by atoms with E-state index in [2.05, 4.69) is 30.6 Å². The van der Waals surface area contributed by atoms with Gasteiger partial charge in [0.05, 0.1) is 18.5 Å². The van der Waals surface area contributed by atoms with Gasteiger partial charge >= 0.3 is 5.97 Å². The van der Waals surface area contributed by atoms with E-state index in [9.17, 15) is 4.79 Å². The second-order valence-corrected chi connectivity index (χ2v) is 8.02. The Morgan fingerprint density at radius 2 is 2.03 bits per heavy atom. The first kappa shape index (κ1) is 21.7. The van der Waals surface area contributed by atoms with Crippen LogP contribution in [0.3, 0.4) is 0 Å². The molecule has 2 N–H and O–H groups in total. The Labute approximate surface area is 192 Å². The molecular formula is C21H19ClN6O3S. The summed E-state index contributed by atoms with van der Waals surface area (Å²) in [5.41, 5.74) is 2.15. The highest BCUT2D eigenvalue weighted by Gasteiger charge is 2.18. The number of anilines is 3. The van der Waals surface area contributed by atoms with E-state index in [-0.39, 0.29) is 0 Å². The molecule has 0 fully saturated rings. The second-order valence-electron chi connectivity index (χ2n) is 6.59. The predicted molar refractivity (Wildman–Crippen MR) is 122 cm³/mol. The quantitative estimate of drug-likeness (QED) is 0.340. The van der Waals surface area contributed by atoms with E-state index in [0.717, 1.165) is 5.56 Å². The predicted octanol–water partition coefficient (Wildman–Crippen LogP) is 5.08. The number of nitrogens with zero attached hydrogens (tertiary/aromatic N) is 4. The van der Waals surface area contributed by atoms with E-state index < -0.39 is 5.97 Å². The molecule has 4 rings (SSSR count). The minimum absolute atomic E-state index is 0.293. The lowest BCUT2D eigenvalue weighted by Gasteiger charge is -2.09. The average molecular weight is 471 g/mol. The topological polar surface area (TPSA) is 115 Å². The number of thiazole rings is 1. The number of rotatable bonds is 8. The van der Waals surface area contributed by atoms with Gasteiger partial charge in [0.15, 0.2) is 17.3 Å². The number of benzene rings is 1. The van der Waals surface area contributed by atoms with Crippen LogP contribution in [0.4, 0.5) is 16.9 Å². The van der Waals surface area contributed by atoms with Gasteiger partial charge in [0, 0.05) is 17.6 Å². The summed E-state index contributed by atoms with van der Waals surface area (Å²) in [7, 11) is 0. The highest BCUT2D eigenvalue weighted by atomic mass is 35.5. The van der Waals surface area contributed by atoms with Crippen molar-refractivity contribution in [3.05, 3.63) is 64.1 Å². The molecule has 0 aliphatic rings. The van der Waals surface area contributed by atoms with Gasteiger partial charge in [-0.1, -0.05) is 35.1 Å². The molecule has 0 unspecified atom stereocenters. The number of esters is 1. The van der Waals surface area contributed by atoms with E-state index in [1.807, 2.05) is 24.3 Å². The third-order valence-corrected chi connectivity index (χ3v) is 5.58. The normalized spacial score (nSPS) is 10.7. The Bertz CT molecular complexity index is 1210. The molecule has 11 heteroatoms. The zero-order valence-electron chi connectivity index (χ0n) is 17.3. The summed E-state index contributed by atoms with van der Waals surface area (Å²) in [6, 6.07) is 9.29. The van der Waals surface area contributed by atoms with Crippen molar-refractivity contribution in [2.75, 3.05) is 17.2 Å². The molecule has 0 aliphatic heterocycles. The summed E-state index contributed by atoms with van der Waals surface area (Å²) in [5.74, 6) is 0.953. The van der Waals surface area contributed by atoms with Crippen LogP contribution in [0.15, 0.2) is 47.3 Å². The fraction of sp³-hybridized carbons (Fsp3) is 0.190. The minimum Gasteiger partial charge on any atom is -0.462 e. The van der Waals surface area contributed by atoms with Gasteiger partial charge in [-0.15, -0.1) is 0 Å². The van der Waals surface area contributed by atoms with E-state index in [0.29, 0.717) is 57.1 Å². The molecular weight excluding hydrogens is 452 g/mol. The van der Waals surface area contributed by atoms with Crippen molar-refractivity contribution in [1.82, 2.24) is 19.9 Å². The van der Waals surface area contributed by atoms with Gasteiger partial charge in [0.2, 0.25) is 5.95 Å². The molecule has 3 heterocycles. The summed E-state index contributed by atoms with van der Waals surface area (Å²) in [5, 5.41) is 7.49. The standard InChI is InChI=1S/C21H19ClN6O3S/c1-3-30-19(29)18-12(2)25-21(32-18)28-20-26-15(16-10-23-11-31-16)8-17(27-20)24-9-13-4-6-14(22)7-5-13/h4-8,10-11H,3,9H2,1-2H3,(H2,24,25,26,27,28). The molecule has 0 saturated carbocycles. The number of ether oxygens (including phenoxy) is 1. The number of aromatic nitrogens is 4. The summed E-state index contributed by atoms with van der Waals surface area (Å²) >= 11 is 7.13. The Hall–Kier alpha value is -3.50. The maximum absolute atomic E-state index is 12.1. The van der Waals surface area contributed by atoms with Gasteiger partial charge in [-0.25, -0.2) is 19.7 Å². The number of nitrogens with one attached hydrogen (secondary N) is 2. The van der Waals surface area contributed by atoms with Gasteiger partial charge in [0.1, 0.15) is 16.4 Å². The third kappa shape index (κ3) is 5.21. The van der Waals surface area contributed by atoms with Crippen molar-refractivity contribution in [2.24, 2.45) is 0 Å². The number of hydrogen-bond donors (Lipinski definition) is 2.